The zero-order valence-electron chi connectivity index (χ0n) is 12.5. The number of rotatable bonds is 3. The Balaban J connectivity index is 2.08. The summed E-state index contributed by atoms with van der Waals surface area (Å²) in [6.07, 6.45) is 3.56. The molecule has 110 valence electrons. The monoisotopic (exact) mass is 293 g/mol. The maximum atomic E-state index is 12.4. The molecule has 1 aliphatic rings. The summed E-state index contributed by atoms with van der Waals surface area (Å²) in [5, 5.41) is 3.83. The highest BCUT2D eigenvalue weighted by molar-refractivity contribution is 6.30. The molecule has 1 aromatic carbocycles. The van der Waals surface area contributed by atoms with Crippen LogP contribution in [-0.2, 0) is 0 Å². The van der Waals surface area contributed by atoms with E-state index < -0.39 is 0 Å². The topological polar surface area (TPSA) is 29.1 Å². The van der Waals surface area contributed by atoms with Crippen LogP contribution in [0.1, 0.15) is 50.4 Å². The first-order valence-electron chi connectivity index (χ1n) is 7.53. The van der Waals surface area contributed by atoms with E-state index in [9.17, 15) is 4.79 Å². The van der Waals surface area contributed by atoms with Crippen molar-refractivity contribution in [2.75, 3.05) is 0 Å². The molecule has 3 heteroatoms. The van der Waals surface area contributed by atoms with Gasteiger partial charge in [-0.15, -0.1) is 0 Å². The molecule has 2 rings (SSSR count). The number of benzene rings is 1. The molecule has 3 atom stereocenters. The number of amides is 1. The van der Waals surface area contributed by atoms with E-state index in [-0.39, 0.29) is 11.9 Å². The first-order chi connectivity index (χ1) is 9.47. The summed E-state index contributed by atoms with van der Waals surface area (Å²) in [5.41, 5.74) is 0.651. The molecule has 1 fully saturated rings. The van der Waals surface area contributed by atoms with E-state index >= 15 is 0 Å². The van der Waals surface area contributed by atoms with Crippen LogP contribution in [0.5, 0.6) is 0 Å². The lowest BCUT2D eigenvalue weighted by molar-refractivity contribution is 0.0868. The Morgan fingerprint density at radius 2 is 2.10 bits per heavy atom. The van der Waals surface area contributed by atoms with Crippen LogP contribution in [0, 0.1) is 17.8 Å². The van der Waals surface area contributed by atoms with Crippen molar-refractivity contribution in [3.8, 4) is 0 Å². The van der Waals surface area contributed by atoms with Gasteiger partial charge in [0, 0.05) is 16.6 Å². The molecule has 0 radical (unpaired) electrons. The van der Waals surface area contributed by atoms with Gasteiger partial charge in [-0.05, 0) is 48.8 Å². The third kappa shape index (κ3) is 3.76. The zero-order valence-corrected chi connectivity index (χ0v) is 13.3. The summed E-state index contributed by atoms with van der Waals surface area (Å²) >= 11 is 5.95. The molecule has 0 bridgehead atoms. The normalized spacial score (nSPS) is 26.6. The zero-order chi connectivity index (χ0) is 14.7. The summed E-state index contributed by atoms with van der Waals surface area (Å²) in [7, 11) is 0. The van der Waals surface area contributed by atoms with E-state index in [2.05, 4.69) is 26.1 Å². The second-order valence-corrected chi connectivity index (χ2v) is 6.85. The fraction of sp³-hybridized carbons (Fsp3) is 0.588. The summed E-state index contributed by atoms with van der Waals surface area (Å²) in [6.45, 7) is 6.77. The minimum atomic E-state index is -0.00255. The average Bonchev–Trinajstić information content (AvgIpc) is 2.38. The fourth-order valence-electron chi connectivity index (χ4n) is 3.25. The number of nitrogens with one attached hydrogen (secondary N) is 1. The van der Waals surface area contributed by atoms with E-state index in [1.807, 2.05) is 12.1 Å². The Bertz CT molecular complexity index is 472. The molecule has 0 spiro atoms. The first-order valence-corrected chi connectivity index (χ1v) is 7.91. The van der Waals surface area contributed by atoms with Crippen molar-refractivity contribution in [2.24, 2.45) is 17.8 Å². The minimum absolute atomic E-state index is 0.00255. The van der Waals surface area contributed by atoms with Gasteiger partial charge < -0.3 is 5.32 Å². The van der Waals surface area contributed by atoms with Crippen molar-refractivity contribution < 1.29 is 4.79 Å². The van der Waals surface area contributed by atoms with Crippen molar-refractivity contribution >= 4 is 17.5 Å². The van der Waals surface area contributed by atoms with E-state index in [1.165, 1.54) is 12.8 Å². The summed E-state index contributed by atoms with van der Waals surface area (Å²) < 4.78 is 0. The van der Waals surface area contributed by atoms with Crippen LogP contribution in [0.25, 0.3) is 0 Å². The molecule has 0 aromatic heterocycles. The molecule has 2 nitrogen and oxygen atoms in total. The second kappa shape index (κ2) is 6.62. The van der Waals surface area contributed by atoms with Crippen LogP contribution >= 0.6 is 11.6 Å². The van der Waals surface area contributed by atoms with Gasteiger partial charge in [-0.3, -0.25) is 4.79 Å². The Morgan fingerprint density at radius 3 is 2.75 bits per heavy atom. The molecule has 1 aliphatic carbocycles. The van der Waals surface area contributed by atoms with Crippen molar-refractivity contribution in [1.29, 1.82) is 0 Å². The van der Waals surface area contributed by atoms with Gasteiger partial charge in [0.15, 0.2) is 0 Å². The van der Waals surface area contributed by atoms with Crippen LogP contribution < -0.4 is 5.32 Å². The van der Waals surface area contributed by atoms with E-state index in [1.54, 1.807) is 12.1 Å². The third-order valence-electron chi connectivity index (χ3n) is 4.43. The number of carbonyl (C=O) groups excluding carboxylic acids is 1. The van der Waals surface area contributed by atoms with Gasteiger partial charge in [0.25, 0.3) is 5.91 Å². The maximum Gasteiger partial charge on any atom is 0.251 e. The van der Waals surface area contributed by atoms with Crippen molar-refractivity contribution in [2.45, 2.75) is 46.1 Å². The van der Waals surface area contributed by atoms with Crippen LogP contribution in [0.2, 0.25) is 5.02 Å². The third-order valence-corrected chi connectivity index (χ3v) is 4.66. The molecule has 1 amide bonds. The van der Waals surface area contributed by atoms with E-state index in [0.717, 1.165) is 6.42 Å². The number of hydrogen-bond acceptors (Lipinski definition) is 1. The highest BCUT2D eigenvalue weighted by Gasteiger charge is 2.31. The number of halogens is 1. The molecule has 1 saturated carbocycles. The number of carbonyl (C=O) groups is 1. The highest BCUT2D eigenvalue weighted by atomic mass is 35.5. The fourth-order valence-corrected chi connectivity index (χ4v) is 3.44. The van der Waals surface area contributed by atoms with Gasteiger partial charge in [0.1, 0.15) is 0 Å². The highest BCUT2D eigenvalue weighted by Crippen LogP contribution is 2.33. The standard InChI is InChI=1S/C17H24ClNO/c1-11(2)15-8-7-12(3)9-16(15)19-17(20)13-5-4-6-14(18)10-13/h4-6,10-12,15-16H,7-9H2,1-3H3,(H,19,20)/t12-,15+,16+/m1/s1. The average molecular weight is 294 g/mol. The largest absolute Gasteiger partial charge is 0.349 e. The van der Waals surface area contributed by atoms with Crippen LogP contribution in [0.15, 0.2) is 24.3 Å². The summed E-state index contributed by atoms with van der Waals surface area (Å²) in [5.74, 6) is 1.87. The minimum Gasteiger partial charge on any atom is -0.349 e. The molecule has 0 aliphatic heterocycles. The summed E-state index contributed by atoms with van der Waals surface area (Å²) in [4.78, 5) is 12.4. The predicted octanol–water partition coefficient (Wildman–Crippen LogP) is 4.53. The van der Waals surface area contributed by atoms with Crippen LogP contribution in [0.3, 0.4) is 0 Å². The van der Waals surface area contributed by atoms with Crippen molar-refractivity contribution in [3.05, 3.63) is 34.9 Å². The smallest absolute Gasteiger partial charge is 0.251 e. The first kappa shape index (κ1) is 15.4. The van der Waals surface area contributed by atoms with Gasteiger partial charge >= 0.3 is 0 Å². The van der Waals surface area contributed by atoms with Crippen molar-refractivity contribution in [3.63, 3.8) is 0 Å². The van der Waals surface area contributed by atoms with Gasteiger partial charge in [0.2, 0.25) is 0 Å². The quantitative estimate of drug-likeness (QED) is 0.871. The molecule has 0 saturated heterocycles. The Labute approximate surface area is 126 Å². The lowest BCUT2D eigenvalue weighted by atomic mass is 9.74. The molecule has 0 unspecified atom stereocenters. The van der Waals surface area contributed by atoms with Crippen LogP contribution in [-0.4, -0.2) is 11.9 Å². The van der Waals surface area contributed by atoms with Gasteiger partial charge in [-0.2, -0.15) is 0 Å². The molecular formula is C17H24ClNO. The van der Waals surface area contributed by atoms with Crippen molar-refractivity contribution in [1.82, 2.24) is 5.32 Å². The lowest BCUT2D eigenvalue weighted by Gasteiger charge is -2.37. The van der Waals surface area contributed by atoms with E-state index in [4.69, 9.17) is 11.6 Å². The second-order valence-electron chi connectivity index (χ2n) is 6.42. The lowest BCUT2D eigenvalue weighted by Crippen LogP contribution is -2.45. The molecule has 0 heterocycles. The molecule has 20 heavy (non-hydrogen) atoms. The maximum absolute atomic E-state index is 12.4. The summed E-state index contributed by atoms with van der Waals surface area (Å²) in [6, 6.07) is 7.44. The van der Waals surface area contributed by atoms with Crippen LogP contribution in [0.4, 0.5) is 0 Å². The Kier molecular flexibility index (Phi) is 5.09. The van der Waals surface area contributed by atoms with Gasteiger partial charge in [-0.25, -0.2) is 0 Å². The molecule has 1 N–H and O–H groups in total. The Hall–Kier alpha value is -1.02. The predicted molar refractivity (Wildman–Crippen MR) is 84.0 cm³/mol. The Morgan fingerprint density at radius 1 is 1.35 bits per heavy atom. The number of hydrogen-bond donors (Lipinski definition) is 1. The SMILES string of the molecule is CC(C)[C@@H]1CC[C@@H](C)C[C@@H]1NC(=O)c1cccc(Cl)c1. The van der Waals surface area contributed by atoms with E-state index in [0.29, 0.717) is 28.3 Å². The molecular weight excluding hydrogens is 270 g/mol. The van der Waals surface area contributed by atoms with Gasteiger partial charge in [0.05, 0.1) is 0 Å². The molecule has 1 aromatic rings. The van der Waals surface area contributed by atoms with Gasteiger partial charge in [-0.1, -0.05) is 44.9 Å².